The van der Waals surface area contributed by atoms with Crippen molar-refractivity contribution >= 4 is 5.78 Å². The SMILES string of the molecule is CCCCCCCCCCCCCCCCC(=O)COC(C)N. The Morgan fingerprint density at radius 2 is 1.17 bits per heavy atom. The topological polar surface area (TPSA) is 52.3 Å². The van der Waals surface area contributed by atoms with Crippen molar-refractivity contribution in [3.8, 4) is 0 Å². The number of unbranched alkanes of at least 4 members (excludes halogenated alkanes) is 13. The molecule has 138 valence electrons. The van der Waals surface area contributed by atoms with Crippen LogP contribution < -0.4 is 5.73 Å². The van der Waals surface area contributed by atoms with Gasteiger partial charge in [-0.1, -0.05) is 90.4 Å². The van der Waals surface area contributed by atoms with Crippen LogP contribution in [0.3, 0.4) is 0 Å². The number of rotatable bonds is 18. The number of carbonyl (C=O) groups is 1. The molecule has 0 radical (unpaired) electrons. The molecule has 0 bridgehead atoms. The highest BCUT2D eigenvalue weighted by Crippen LogP contribution is 2.13. The first-order valence-corrected chi connectivity index (χ1v) is 10.1. The molecule has 23 heavy (non-hydrogen) atoms. The standard InChI is InChI=1S/C20H41NO2/c1-3-4-5-6-7-8-9-10-11-12-13-14-15-16-17-20(22)18-23-19(2)21/h19H,3-18,21H2,1-2H3. The summed E-state index contributed by atoms with van der Waals surface area (Å²) >= 11 is 0. The van der Waals surface area contributed by atoms with E-state index in [1.165, 1.54) is 83.5 Å². The molecule has 1 unspecified atom stereocenters. The van der Waals surface area contributed by atoms with Crippen molar-refractivity contribution in [1.82, 2.24) is 0 Å². The number of hydrogen-bond acceptors (Lipinski definition) is 3. The smallest absolute Gasteiger partial charge is 0.158 e. The molecule has 1 atom stereocenters. The zero-order chi connectivity index (χ0) is 17.2. The van der Waals surface area contributed by atoms with Gasteiger partial charge in [0, 0.05) is 6.42 Å². The van der Waals surface area contributed by atoms with Gasteiger partial charge in [0.1, 0.15) is 12.8 Å². The molecule has 3 nitrogen and oxygen atoms in total. The molecule has 0 amide bonds. The second-order valence-corrected chi connectivity index (χ2v) is 6.90. The zero-order valence-corrected chi connectivity index (χ0v) is 15.8. The van der Waals surface area contributed by atoms with Gasteiger partial charge >= 0.3 is 0 Å². The largest absolute Gasteiger partial charge is 0.356 e. The molecule has 0 aliphatic carbocycles. The van der Waals surface area contributed by atoms with Gasteiger partial charge in [-0.05, 0) is 13.3 Å². The second-order valence-electron chi connectivity index (χ2n) is 6.90. The zero-order valence-electron chi connectivity index (χ0n) is 15.8. The number of Topliss-reactive ketones (excluding diaryl/α,β-unsaturated/α-hetero) is 1. The minimum Gasteiger partial charge on any atom is -0.356 e. The van der Waals surface area contributed by atoms with Crippen molar-refractivity contribution in [1.29, 1.82) is 0 Å². The van der Waals surface area contributed by atoms with Gasteiger partial charge in [-0.2, -0.15) is 0 Å². The van der Waals surface area contributed by atoms with Gasteiger partial charge in [0.2, 0.25) is 0 Å². The monoisotopic (exact) mass is 327 g/mol. The second kappa shape index (κ2) is 17.9. The summed E-state index contributed by atoms with van der Waals surface area (Å²) in [6, 6.07) is 0. The average molecular weight is 328 g/mol. The van der Waals surface area contributed by atoms with Gasteiger partial charge in [0.05, 0.1) is 0 Å². The fraction of sp³-hybridized carbons (Fsp3) is 0.950. The highest BCUT2D eigenvalue weighted by molar-refractivity contribution is 5.79. The summed E-state index contributed by atoms with van der Waals surface area (Å²) in [7, 11) is 0. The minimum atomic E-state index is -0.338. The lowest BCUT2D eigenvalue weighted by Crippen LogP contribution is -2.23. The number of ether oxygens (including phenoxy) is 1. The third-order valence-electron chi connectivity index (χ3n) is 4.32. The highest BCUT2D eigenvalue weighted by atomic mass is 16.5. The summed E-state index contributed by atoms with van der Waals surface area (Å²) in [5.74, 6) is 0.182. The molecule has 0 saturated heterocycles. The van der Waals surface area contributed by atoms with Crippen LogP contribution in [-0.4, -0.2) is 18.6 Å². The fourth-order valence-corrected chi connectivity index (χ4v) is 2.81. The van der Waals surface area contributed by atoms with Crippen molar-refractivity contribution in [2.24, 2.45) is 5.73 Å². The number of hydrogen-bond donors (Lipinski definition) is 1. The molecule has 0 heterocycles. The molecule has 0 aromatic carbocycles. The lowest BCUT2D eigenvalue weighted by atomic mass is 10.0. The van der Waals surface area contributed by atoms with E-state index in [4.69, 9.17) is 10.5 Å². The van der Waals surface area contributed by atoms with Crippen LogP contribution in [0, 0.1) is 0 Å². The van der Waals surface area contributed by atoms with E-state index in [1.807, 2.05) is 0 Å². The molecule has 0 spiro atoms. The summed E-state index contributed by atoms with van der Waals surface area (Å²) < 4.78 is 5.10. The molecule has 2 N–H and O–H groups in total. The van der Waals surface area contributed by atoms with Gasteiger partial charge in [0.25, 0.3) is 0 Å². The molecule has 0 rings (SSSR count). The Hall–Kier alpha value is -0.410. The Morgan fingerprint density at radius 1 is 0.783 bits per heavy atom. The van der Waals surface area contributed by atoms with Crippen LogP contribution in [0.1, 0.15) is 110 Å². The predicted molar refractivity (Wildman–Crippen MR) is 99.5 cm³/mol. The van der Waals surface area contributed by atoms with Gasteiger partial charge in [-0.3, -0.25) is 4.79 Å². The van der Waals surface area contributed by atoms with Crippen LogP contribution >= 0.6 is 0 Å². The first-order chi connectivity index (χ1) is 11.2. The van der Waals surface area contributed by atoms with E-state index in [9.17, 15) is 4.79 Å². The summed E-state index contributed by atoms with van der Waals surface area (Å²) in [5.41, 5.74) is 5.45. The molecule has 0 saturated carbocycles. The first kappa shape index (κ1) is 22.6. The van der Waals surface area contributed by atoms with Crippen LogP contribution in [0.2, 0.25) is 0 Å². The van der Waals surface area contributed by atoms with Crippen LogP contribution in [0.15, 0.2) is 0 Å². The average Bonchev–Trinajstić information content (AvgIpc) is 2.53. The fourth-order valence-electron chi connectivity index (χ4n) is 2.81. The molecule has 3 heteroatoms. The third-order valence-corrected chi connectivity index (χ3v) is 4.32. The molecule has 0 aliphatic rings. The van der Waals surface area contributed by atoms with E-state index in [1.54, 1.807) is 6.92 Å². The van der Waals surface area contributed by atoms with Crippen LogP contribution in [0.25, 0.3) is 0 Å². The summed E-state index contributed by atoms with van der Waals surface area (Å²) in [6.45, 7) is 4.20. The van der Waals surface area contributed by atoms with E-state index in [0.29, 0.717) is 6.42 Å². The predicted octanol–water partition coefficient (Wildman–Crippen LogP) is 5.75. The van der Waals surface area contributed by atoms with Crippen molar-refractivity contribution in [2.75, 3.05) is 6.61 Å². The van der Waals surface area contributed by atoms with Gasteiger partial charge in [-0.25, -0.2) is 0 Å². The molecular formula is C20H41NO2. The van der Waals surface area contributed by atoms with Crippen molar-refractivity contribution in [3.05, 3.63) is 0 Å². The van der Waals surface area contributed by atoms with Gasteiger partial charge in [-0.15, -0.1) is 0 Å². The van der Waals surface area contributed by atoms with E-state index in [2.05, 4.69) is 6.92 Å². The summed E-state index contributed by atoms with van der Waals surface area (Å²) in [5, 5.41) is 0. The van der Waals surface area contributed by atoms with E-state index >= 15 is 0 Å². The Bertz CT molecular complexity index is 254. The minimum absolute atomic E-state index is 0.177. The molecular weight excluding hydrogens is 286 g/mol. The van der Waals surface area contributed by atoms with Crippen LogP contribution in [-0.2, 0) is 9.53 Å². The molecule has 0 fully saturated rings. The summed E-state index contributed by atoms with van der Waals surface area (Å²) in [4.78, 5) is 11.5. The Kier molecular flexibility index (Phi) is 17.6. The highest BCUT2D eigenvalue weighted by Gasteiger charge is 2.03. The maximum atomic E-state index is 11.5. The summed E-state index contributed by atoms with van der Waals surface area (Å²) in [6.07, 6.45) is 19.1. The molecule has 0 aromatic heterocycles. The Morgan fingerprint density at radius 3 is 1.57 bits per heavy atom. The maximum absolute atomic E-state index is 11.5. The quantitative estimate of drug-likeness (QED) is 0.258. The number of nitrogens with two attached hydrogens (primary N) is 1. The lowest BCUT2D eigenvalue weighted by molar-refractivity contribution is -0.125. The third kappa shape index (κ3) is 19.5. The van der Waals surface area contributed by atoms with Crippen molar-refractivity contribution in [3.63, 3.8) is 0 Å². The maximum Gasteiger partial charge on any atom is 0.158 e. The lowest BCUT2D eigenvalue weighted by Gasteiger charge is -2.06. The normalized spacial score (nSPS) is 12.5. The number of ketones is 1. The van der Waals surface area contributed by atoms with Crippen LogP contribution in [0.4, 0.5) is 0 Å². The van der Waals surface area contributed by atoms with Gasteiger partial charge < -0.3 is 10.5 Å². The molecule has 0 aromatic rings. The Balaban J connectivity index is 3.09. The van der Waals surface area contributed by atoms with E-state index < -0.39 is 0 Å². The van der Waals surface area contributed by atoms with Gasteiger partial charge in [0.15, 0.2) is 5.78 Å². The number of carbonyl (C=O) groups excluding carboxylic acids is 1. The van der Waals surface area contributed by atoms with Crippen molar-refractivity contribution in [2.45, 2.75) is 116 Å². The van der Waals surface area contributed by atoms with E-state index in [0.717, 1.165) is 6.42 Å². The molecule has 0 aliphatic heterocycles. The van der Waals surface area contributed by atoms with Crippen LogP contribution in [0.5, 0.6) is 0 Å². The van der Waals surface area contributed by atoms with Crippen molar-refractivity contribution < 1.29 is 9.53 Å². The first-order valence-electron chi connectivity index (χ1n) is 10.1. The van der Waals surface area contributed by atoms with E-state index in [-0.39, 0.29) is 18.6 Å². The Labute approximate surface area is 144 Å².